The summed E-state index contributed by atoms with van der Waals surface area (Å²) in [4.78, 5) is 20.3. The number of Topliss-reactive ketones (excluding diaryl/α,β-unsaturated/α-hetero) is 1. The van der Waals surface area contributed by atoms with Gasteiger partial charge in [-0.2, -0.15) is 0 Å². The van der Waals surface area contributed by atoms with Gasteiger partial charge in [0.2, 0.25) is 0 Å². The van der Waals surface area contributed by atoms with E-state index in [0.29, 0.717) is 37.7 Å². The Balaban J connectivity index is 1.46. The van der Waals surface area contributed by atoms with E-state index in [1.807, 2.05) is 45.0 Å². The molecule has 1 fully saturated rings. The minimum Gasteiger partial charge on any atom is -0.494 e. The van der Waals surface area contributed by atoms with E-state index in [0.717, 1.165) is 59.9 Å². The molecule has 0 N–H and O–H groups in total. The molecule has 0 atom stereocenters. The number of hydrogen-bond acceptors (Lipinski definition) is 5. The number of piperidine rings is 1. The summed E-state index contributed by atoms with van der Waals surface area (Å²) in [6.07, 6.45) is 4.58. The molecule has 38 heavy (non-hydrogen) atoms. The summed E-state index contributed by atoms with van der Waals surface area (Å²) in [6.45, 7) is 9.17. The predicted octanol–water partition coefficient (Wildman–Crippen LogP) is 7.06. The number of ether oxygens (including phenoxy) is 2. The Morgan fingerprint density at radius 2 is 1.74 bits per heavy atom. The second-order valence-corrected chi connectivity index (χ2v) is 10.4. The Kier molecular flexibility index (Phi) is 9.74. The molecule has 1 aliphatic rings. The molecule has 0 amide bonds. The van der Waals surface area contributed by atoms with Gasteiger partial charge in [0.15, 0.2) is 0 Å². The van der Waals surface area contributed by atoms with Crippen molar-refractivity contribution in [2.24, 2.45) is 5.92 Å². The molecule has 0 bridgehead atoms. The van der Waals surface area contributed by atoms with Gasteiger partial charge in [-0.05, 0) is 86.1 Å². The number of benzene rings is 2. The highest BCUT2D eigenvalue weighted by Gasteiger charge is 2.19. The molecule has 0 unspecified atom stereocenters. The highest BCUT2D eigenvalue weighted by Crippen LogP contribution is 2.32. The standard InChI is InChI=1S/C32H39FN2O3/c1-4-37-29-13-9-25(10-14-29)31-15-11-27(34-32(31)35-16-6-5-7-17-35)21-28(36)12-8-24-18-26(33)20-30(19-24)38-22-23(2)3/h9-11,13-15,18-20,23H,4-8,12,16-17,21-22H2,1-3H3. The molecule has 2 aromatic carbocycles. The molecule has 4 rings (SSSR count). The van der Waals surface area contributed by atoms with Crippen molar-refractivity contribution >= 4 is 11.6 Å². The molecular formula is C32H39FN2O3. The molecule has 6 heteroatoms. The quantitative estimate of drug-likeness (QED) is 0.257. The fourth-order valence-corrected chi connectivity index (χ4v) is 4.74. The summed E-state index contributed by atoms with van der Waals surface area (Å²) in [5.41, 5.74) is 3.69. The summed E-state index contributed by atoms with van der Waals surface area (Å²) < 4.78 is 25.4. The topological polar surface area (TPSA) is 51.7 Å². The number of pyridine rings is 1. The fraction of sp³-hybridized carbons (Fsp3) is 0.438. The average molecular weight is 519 g/mol. The van der Waals surface area contributed by atoms with Crippen LogP contribution in [0.1, 0.15) is 57.7 Å². The Morgan fingerprint density at radius 1 is 0.974 bits per heavy atom. The van der Waals surface area contributed by atoms with Crippen molar-refractivity contribution in [3.05, 3.63) is 71.7 Å². The highest BCUT2D eigenvalue weighted by atomic mass is 19.1. The number of aryl methyl sites for hydroxylation is 1. The van der Waals surface area contributed by atoms with E-state index >= 15 is 0 Å². The third-order valence-corrected chi connectivity index (χ3v) is 6.65. The first kappa shape index (κ1) is 27.6. The van der Waals surface area contributed by atoms with Gasteiger partial charge in [0.1, 0.15) is 28.9 Å². The summed E-state index contributed by atoms with van der Waals surface area (Å²) in [5, 5.41) is 0. The van der Waals surface area contributed by atoms with Crippen LogP contribution in [-0.2, 0) is 17.6 Å². The zero-order valence-corrected chi connectivity index (χ0v) is 22.8. The van der Waals surface area contributed by atoms with Gasteiger partial charge in [-0.15, -0.1) is 0 Å². The van der Waals surface area contributed by atoms with Crippen LogP contribution in [0.25, 0.3) is 11.1 Å². The number of ketones is 1. The van der Waals surface area contributed by atoms with Gasteiger partial charge in [0.05, 0.1) is 18.9 Å². The van der Waals surface area contributed by atoms with Gasteiger partial charge in [-0.3, -0.25) is 4.79 Å². The van der Waals surface area contributed by atoms with Crippen LogP contribution in [0.4, 0.5) is 10.2 Å². The Hall–Kier alpha value is -3.41. The van der Waals surface area contributed by atoms with Crippen molar-refractivity contribution in [1.82, 2.24) is 4.98 Å². The molecule has 0 radical (unpaired) electrons. The van der Waals surface area contributed by atoms with E-state index in [1.165, 1.54) is 18.6 Å². The molecule has 5 nitrogen and oxygen atoms in total. The first-order chi connectivity index (χ1) is 18.4. The maximum Gasteiger partial charge on any atom is 0.139 e. The van der Waals surface area contributed by atoms with Crippen molar-refractivity contribution in [3.63, 3.8) is 0 Å². The van der Waals surface area contributed by atoms with E-state index < -0.39 is 0 Å². The minimum absolute atomic E-state index is 0.0878. The molecule has 1 aromatic heterocycles. The van der Waals surface area contributed by atoms with Crippen LogP contribution >= 0.6 is 0 Å². The van der Waals surface area contributed by atoms with Crippen LogP contribution in [0.2, 0.25) is 0 Å². The van der Waals surface area contributed by atoms with Crippen LogP contribution in [0.3, 0.4) is 0 Å². The van der Waals surface area contributed by atoms with Crippen molar-refractivity contribution in [3.8, 4) is 22.6 Å². The molecule has 2 heterocycles. The van der Waals surface area contributed by atoms with Crippen molar-refractivity contribution in [2.45, 2.75) is 59.3 Å². The number of hydrogen-bond donors (Lipinski definition) is 0. The molecular weight excluding hydrogens is 479 g/mol. The van der Waals surface area contributed by atoms with Crippen molar-refractivity contribution < 1.29 is 18.7 Å². The third kappa shape index (κ3) is 7.80. The smallest absolute Gasteiger partial charge is 0.139 e. The van der Waals surface area contributed by atoms with Crippen LogP contribution in [-0.4, -0.2) is 37.1 Å². The number of carbonyl (C=O) groups is 1. The van der Waals surface area contributed by atoms with Gasteiger partial charge in [0.25, 0.3) is 0 Å². The minimum atomic E-state index is -0.341. The number of aromatic nitrogens is 1. The summed E-state index contributed by atoms with van der Waals surface area (Å²) in [7, 11) is 0. The second-order valence-electron chi connectivity index (χ2n) is 10.4. The summed E-state index contributed by atoms with van der Waals surface area (Å²) in [5.74, 6) is 2.40. The monoisotopic (exact) mass is 518 g/mol. The molecule has 1 saturated heterocycles. The molecule has 1 aliphatic heterocycles. The lowest BCUT2D eigenvalue weighted by molar-refractivity contribution is -0.118. The number of nitrogens with zero attached hydrogens (tertiary/aromatic N) is 2. The number of halogens is 1. The van der Waals surface area contributed by atoms with Gasteiger partial charge in [-0.1, -0.05) is 26.0 Å². The van der Waals surface area contributed by atoms with E-state index in [2.05, 4.69) is 23.1 Å². The zero-order valence-electron chi connectivity index (χ0n) is 22.8. The van der Waals surface area contributed by atoms with Gasteiger partial charge < -0.3 is 14.4 Å². The van der Waals surface area contributed by atoms with Gasteiger partial charge in [-0.25, -0.2) is 9.37 Å². The molecule has 3 aromatic rings. The van der Waals surface area contributed by atoms with Gasteiger partial charge >= 0.3 is 0 Å². The Morgan fingerprint density at radius 3 is 2.45 bits per heavy atom. The van der Waals surface area contributed by atoms with Crippen molar-refractivity contribution in [1.29, 1.82) is 0 Å². The normalized spacial score (nSPS) is 13.6. The lowest BCUT2D eigenvalue weighted by Crippen LogP contribution is -2.31. The van der Waals surface area contributed by atoms with Crippen molar-refractivity contribution in [2.75, 3.05) is 31.2 Å². The van der Waals surface area contributed by atoms with Crippen LogP contribution in [0, 0.1) is 11.7 Å². The number of anilines is 1. The highest BCUT2D eigenvalue weighted by molar-refractivity contribution is 5.82. The van der Waals surface area contributed by atoms with Crippen LogP contribution < -0.4 is 14.4 Å². The zero-order chi connectivity index (χ0) is 26.9. The molecule has 202 valence electrons. The van der Waals surface area contributed by atoms with Gasteiger partial charge in [0, 0.05) is 37.6 Å². The first-order valence-corrected chi connectivity index (χ1v) is 13.8. The second kappa shape index (κ2) is 13.4. The molecule has 0 aliphatic carbocycles. The van der Waals surface area contributed by atoms with Crippen LogP contribution in [0.15, 0.2) is 54.6 Å². The molecule has 0 spiro atoms. The summed E-state index contributed by atoms with van der Waals surface area (Å²) >= 11 is 0. The Bertz CT molecular complexity index is 1200. The van der Waals surface area contributed by atoms with E-state index in [1.54, 1.807) is 0 Å². The van der Waals surface area contributed by atoms with Crippen LogP contribution in [0.5, 0.6) is 11.5 Å². The lowest BCUT2D eigenvalue weighted by atomic mass is 10.0. The fourth-order valence-electron chi connectivity index (χ4n) is 4.74. The maximum absolute atomic E-state index is 14.1. The SMILES string of the molecule is CCOc1ccc(-c2ccc(CC(=O)CCc3cc(F)cc(OCC(C)C)c3)nc2N2CCCCC2)cc1. The largest absolute Gasteiger partial charge is 0.494 e. The number of carbonyl (C=O) groups excluding carboxylic acids is 1. The summed E-state index contributed by atoms with van der Waals surface area (Å²) in [6, 6.07) is 16.9. The third-order valence-electron chi connectivity index (χ3n) is 6.65. The Labute approximate surface area is 226 Å². The number of rotatable bonds is 12. The maximum atomic E-state index is 14.1. The molecule has 0 saturated carbocycles. The van der Waals surface area contributed by atoms with E-state index in [9.17, 15) is 9.18 Å². The average Bonchev–Trinajstić information content (AvgIpc) is 2.92. The first-order valence-electron chi connectivity index (χ1n) is 13.8. The van der Waals surface area contributed by atoms with E-state index in [4.69, 9.17) is 14.5 Å². The lowest BCUT2D eigenvalue weighted by Gasteiger charge is -2.30. The van der Waals surface area contributed by atoms with E-state index in [-0.39, 0.29) is 18.0 Å². The predicted molar refractivity (Wildman–Crippen MR) is 151 cm³/mol.